The molecule has 9 heteroatoms. The Bertz CT molecular complexity index is 999. The number of Topliss-reactive ketones (excluding diaryl/α,β-unsaturated/α-hetero) is 1. The molecule has 7 nitrogen and oxygen atoms in total. The molecule has 3 rings (SSSR count). The second-order valence-electron chi connectivity index (χ2n) is 7.64. The quantitative estimate of drug-likeness (QED) is 0.634. The number of fused-ring (bicyclic) bond motifs is 1. The Morgan fingerprint density at radius 2 is 1.79 bits per heavy atom. The third kappa shape index (κ3) is 7.54. The highest BCUT2D eigenvalue weighted by Gasteiger charge is 2.27. The zero-order chi connectivity index (χ0) is 23.6. The van der Waals surface area contributed by atoms with Crippen molar-refractivity contribution in [2.24, 2.45) is 0 Å². The van der Waals surface area contributed by atoms with Gasteiger partial charge in [-0.05, 0) is 48.6 Å². The van der Waals surface area contributed by atoms with Gasteiger partial charge in [-0.2, -0.15) is 0 Å². The minimum atomic E-state index is -0.955. The van der Waals surface area contributed by atoms with Crippen LogP contribution in [0.25, 0.3) is 0 Å². The molecule has 176 valence electrons. The highest BCUT2D eigenvalue weighted by Crippen LogP contribution is 2.22. The average molecular weight is 493 g/mol. The third-order valence-electron chi connectivity index (χ3n) is 5.21. The van der Waals surface area contributed by atoms with Crippen molar-refractivity contribution in [1.29, 1.82) is 0 Å². The molecule has 1 unspecified atom stereocenters. The topological polar surface area (TPSA) is 93.7 Å². The lowest BCUT2D eigenvalue weighted by molar-refractivity contribution is -0.139. The van der Waals surface area contributed by atoms with Gasteiger partial charge in [-0.3, -0.25) is 14.4 Å². The Labute approximate surface area is 202 Å². The smallest absolute Gasteiger partial charge is 0.289 e. The molecule has 33 heavy (non-hydrogen) atoms. The number of hydrogen-bond donors (Lipinski definition) is 2. The molecule has 1 atom stereocenters. The summed E-state index contributed by atoms with van der Waals surface area (Å²) in [5, 5.41) is 6.10. The van der Waals surface area contributed by atoms with Gasteiger partial charge in [0.2, 0.25) is 5.78 Å². The number of carbonyl (C=O) groups excluding carboxylic acids is 3. The van der Waals surface area contributed by atoms with Gasteiger partial charge in [0.1, 0.15) is 0 Å². The largest absolute Gasteiger partial charge is 0.379 e. The summed E-state index contributed by atoms with van der Waals surface area (Å²) in [6, 6.07) is 11.0. The van der Waals surface area contributed by atoms with Gasteiger partial charge in [0, 0.05) is 18.7 Å². The zero-order valence-corrected chi connectivity index (χ0v) is 19.6. The highest BCUT2D eigenvalue weighted by atomic mass is 35.5. The maximum absolute atomic E-state index is 13.0. The zero-order valence-electron chi connectivity index (χ0n) is 18.1. The van der Waals surface area contributed by atoms with Crippen LogP contribution in [0.2, 0.25) is 10.0 Å². The first-order chi connectivity index (χ1) is 16.0. The second-order valence-corrected chi connectivity index (χ2v) is 8.45. The van der Waals surface area contributed by atoms with Crippen molar-refractivity contribution in [3.05, 3.63) is 69.2 Å². The first kappa shape index (κ1) is 25.2. The van der Waals surface area contributed by atoms with Crippen LogP contribution in [0.4, 0.5) is 0 Å². The van der Waals surface area contributed by atoms with E-state index in [1.165, 1.54) is 0 Å². The number of carbonyl (C=O) groups is 3. The summed E-state index contributed by atoms with van der Waals surface area (Å²) in [6.45, 7) is 1.74. The number of ketones is 1. The van der Waals surface area contributed by atoms with Crippen molar-refractivity contribution >= 4 is 40.8 Å². The molecule has 2 N–H and O–H groups in total. The average Bonchev–Trinajstić information content (AvgIpc) is 2.82. The monoisotopic (exact) mass is 492 g/mol. The van der Waals surface area contributed by atoms with Crippen molar-refractivity contribution in [2.45, 2.75) is 38.5 Å². The number of rotatable bonds is 4. The Morgan fingerprint density at radius 3 is 2.61 bits per heavy atom. The number of hydrogen-bond acceptors (Lipinski definition) is 5. The van der Waals surface area contributed by atoms with E-state index >= 15 is 0 Å². The van der Waals surface area contributed by atoms with Gasteiger partial charge in [-0.25, -0.2) is 0 Å². The summed E-state index contributed by atoms with van der Waals surface area (Å²) in [6.07, 6.45) is 1.63. The van der Waals surface area contributed by atoms with Crippen LogP contribution in [0, 0.1) is 0 Å². The molecule has 1 aliphatic rings. The van der Waals surface area contributed by atoms with Gasteiger partial charge >= 0.3 is 0 Å². The maximum atomic E-state index is 13.0. The fourth-order valence-electron chi connectivity index (χ4n) is 3.40. The number of amides is 2. The molecule has 1 heterocycles. The van der Waals surface area contributed by atoms with Gasteiger partial charge in [-0.15, -0.1) is 0 Å². The summed E-state index contributed by atoms with van der Waals surface area (Å²) in [5.41, 5.74) is 1.80. The summed E-state index contributed by atoms with van der Waals surface area (Å²) in [4.78, 5) is 38.4. The van der Waals surface area contributed by atoms with E-state index in [-0.39, 0.29) is 13.2 Å². The van der Waals surface area contributed by atoms with E-state index in [2.05, 4.69) is 10.6 Å². The number of nitrogens with one attached hydrogen (secondary N) is 2. The van der Waals surface area contributed by atoms with E-state index in [1.54, 1.807) is 36.4 Å². The minimum Gasteiger partial charge on any atom is -0.379 e. The maximum Gasteiger partial charge on any atom is 0.289 e. The third-order valence-corrected chi connectivity index (χ3v) is 5.94. The minimum absolute atomic E-state index is 0.107. The van der Waals surface area contributed by atoms with Gasteiger partial charge in [0.15, 0.2) is 0 Å². The van der Waals surface area contributed by atoms with E-state index in [0.717, 1.165) is 0 Å². The lowest BCUT2D eigenvalue weighted by Crippen LogP contribution is -2.47. The molecule has 0 saturated carbocycles. The van der Waals surface area contributed by atoms with Crippen LogP contribution in [0.1, 0.15) is 40.7 Å². The van der Waals surface area contributed by atoms with Crippen molar-refractivity contribution in [2.75, 3.05) is 19.8 Å². The van der Waals surface area contributed by atoms with Crippen molar-refractivity contribution in [3.8, 4) is 0 Å². The molecular formula is C24H26Cl2N2O5. The van der Waals surface area contributed by atoms with E-state index in [9.17, 15) is 14.4 Å². The van der Waals surface area contributed by atoms with Crippen LogP contribution in [-0.2, 0) is 32.2 Å². The standard InChI is InChI=1S/C24H26Cl2N2O5/c25-19-9-8-16(13-20(19)26)14-27-24(31)22(29)21-7-3-4-10-32-11-12-33-15-17-5-1-2-6-18(17)23(30)28-21/h1-2,5-6,8-9,13,21H,3-4,7,10-12,14-15H2,(H,27,31)(H,28,30). The SMILES string of the molecule is O=C(NCc1ccc(Cl)c(Cl)c1)C(=O)C1CCCCOCCOCc2ccccc2C(=O)N1. The summed E-state index contributed by atoms with van der Waals surface area (Å²) in [7, 11) is 0. The first-order valence-corrected chi connectivity index (χ1v) is 11.5. The summed E-state index contributed by atoms with van der Waals surface area (Å²) in [5.74, 6) is -1.90. The molecule has 0 spiro atoms. The fourth-order valence-corrected chi connectivity index (χ4v) is 3.73. The van der Waals surface area contributed by atoms with E-state index in [4.69, 9.17) is 32.7 Å². The molecule has 0 aliphatic carbocycles. The number of benzene rings is 2. The van der Waals surface area contributed by atoms with Crippen LogP contribution in [0.15, 0.2) is 42.5 Å². The van der Waals surface area contributed by atoms with Gasteiger partial charge in [0.05, 0.1) is 35.9 Å². The first-order valence-electron chi connectivity index (χ1n) is 10.8. The Morgan fingerprint density at radius 1 is 1.00 bits per heavy atom. The molecule has 2 aromatic carbocycles. The second kappa shape index (κ2) is 12.7. The molecule has 0 aromatic heterocycles. The molecule has 0 bridgehead atoms. The van der Waals surface area contributed by atoms with Crippen molar-refractivity contribution in [1.82, 2.24) is 10.6 Å². The summed E-state index contributed by atoms with van der Waals surface area (Å²) >= 11 is 11.9. The molecule has 2 aromatic rings. The van der Waals surface area contributed by atoms with Gasteiger partial charge in [-0.1, -0.05) is 47.5 Å². The predicted octanol–water partition coefficient (Wildman–Crippen LogP) is 3.69. The lowest BCUT2D eigenvalue weighted by Gasteiger charge is -2.19. The number of halogens is 2. The summed E-state index contributed by atoms with van der Waals surface area (Å²) < 4.78 is 11.1. The predicted molar refractivity (Wildman–Crippen MR) is 125 cm³/mol. The van der Waals surface area contributed by atoms with Crippen LogP contribution < -0.4 is 10.6 Å². The van der Waals surface area contributed by atoms with Crippen molar-refractivity contribution < 1.29 is 23.9 Å². The van der Waals surface area contributed by atoms with Gasteiger partial charge < -0.3 is 20.1 Å². The Kier molecular flexibility index (Phi) is 9.69. The normalized spacial score (nSPS) is 17.9. The fraction of sp³-hybridized carbons (Fsp3) is 0.375. The molecule has 1 aliphatic heterocycles. The van der Waals surface area contributed by atoms with E-state index in [1.807, 2.05) is 6.07 Å². The van der Waals surface area contributed by atoms with E-state index in [0.29, 0.717) is 65.8 Å². The highest BCUT2D eigenvalue weighted by molar-refractivity contribution is 6.42. The van der Waals surface area contributed by atoms with Crippen molar-refractivity contribution in [3.63, 3.8) is 0 Å². The van der Waals surface area contributed by atoms with Crippen LogP contribution >= 0.6 is 23.2 Å². The lowest BCUT2D eigenvalue weighted by atomic mass is 10.0. The van der Waals surface area contributed by atoms with Crippen LogP contribution in [0.5, 0.6) is 0 Å². The van der Waals surface area contributed by atoms with Gasteiger partial charge in [0.25, 0.3) is 11.8 Å². The number of ether oxygens (including phenoxy) is 2. The van der Waals surface area contributed by atoms with Crippen LogP contribution in [-0.4, -0.2) is 43.5 Å². The van der Waals surface area contributed by atoms with E-state index < -0.39 is 23.6 Å². The van der Waals surface area contributed by atoms with Crippen LogP contribution in [0.3, 0.4) is 0 Å². The molecule has 0 fully saturated rings. The molecular weight excluding hydrogens is 467 g/mol. The molecule has 0 radical (unpaired) electrons. The Hall–Kier alpha value is -2.45. The molecule has 2 amide bonds. The molecule has 0 saturated heterocycles. The Balaban J connectivity index is 1.70.